The monoisotopic (exact) mass is 228 g/mol. The molecule has 0 aliphatic heterocycles. The molecule has 0 aliphatic carbocycles. The van der Waals surface area contributed by atoms with Crippen molar-refractivity contribution in [3.8, 4) is 11.1 Å². The molecule has 3 rings (SSSR count). The van der Waals surface area contributed by atoms with Crippen LogP contribution in [0.5, 0.6) is 0 Å². The number of rotatable bonds is 1. The van der Waals surface area contributed by atoms with Gasteiger partial charge >= 0.3 is 0 Å². The van der Waals surface area contributed by atoms with Crippen molar-refractivity contribution in [3.63, 3.8) is 0 Å². The predicted octanol–water partition coefficient (Wildman–Crippen LogP) is 2.12. The summed E-state index contributed by atoms with van der Waals surface area (Å²) < 4.78 is 7.25. The Kier molecular flexibility index (Phi) is 1.95. The molecular weight excluding hydrogens is 216 g/mol. The van der Waals surface area contributed by atoms with Gasteiger partial charge in [0.2, 0.25) is 0 Å². The summed E-state index contributed by atoms with van der Waals surface area (Å²) in [6.45, 7) is 1.83. The summed E-state index contributed by atoms with van der Waals surface area (Å²) in [7, 11) is 1.81. The van der Waals surface area contributed by atoms with Crippen LogP contribution in [-0.4, -0.2) is 14.8 Å². The minimum absolute atomic E-state index is 0.617. The zero-order valence-corrected chi connectivity index (χ0v) is 9.64. The van der Waals surface area contributed by atoms with Gasteiger partial charge in [-0.25, -0.2) is 4.98 Å². The quantitative estimate of drug-likeness (QED) is 0.692. The lowest BCUT2D eigenvalue weighted by Crippen LogP contribution is -1.98. The number of oxazole rings is 1. The van der Waals surface area contributed by atoms with Gasteiger partial charge in [0, 0.05) is 25.1 Å². The summed E-state index contributed by atoms with van der Waals surface area (Å²) in [6.07, 6.45) is 1.74. The first-order chi connectivity index (χ1) is 8.16. The number of benzene rings is 1. The topological polar surface area (TPSA) is 69.9 Å². The van der Waals surface area contributed by atoms with Crippen LogP contribution in [0.15, 0.2) is 28.8 Å². The van der Waals surface area contributed by atoms with E-state index in [2.05, 4.69) is 10.1 Å². The van der Waals surface area contributed by atoms with Crippen LogP contribution in [-0.2, 0) is 7.05 Å². The molecule has 0 unspecified atom stereocenters. The summed E-state index contributed by atoms with van der Waals surface area (Å²) >= 11 is 0. The number of fused-ring (bicyclic) bond motifs is 1. The lowest BCUT2D eigenvalue weighted by atomic mass is 10.1. The van der Waals surface area contributed by atoms with Crippen molar-refractivity contribution in [2.24, 2.45) is 7.05 Å². The molecule has 0 saturated carbocycles. The second kappa shape index (κ2) is 3.35. The first-order valence-corrected chi connectivity index (χ1v) is 5.31. The molecule has 0 radical (unpaired) electrons. The Hall–Kier alpha value is -2.30. The van der Waals surface area contributed by atoms with E-state index in [1.165, 1.54) is 0 Å². The number of para-hydroxylation sites is 1. The van der Waals surface area contributed by atoms with Crippen LogP contribution < -0.4 is 5.73 Å². The largest absolute Gasteiger partial charge is 0.440 e. The predicted molar refractivity (Wildman–Crippen MR) is 65.4 cm³/mol. The number of aryl methyl sites for hydroxylation is 2. The van der Waals surface area contributed by atoms with E-state index in [1.807, 2.05) is 32.2 Å². The van der Waals surface area contributed by atoms with Gasteiger partial charge in [0.05, 0.1) is 6.20 Å². The molecule has 5 heteroatoms. The Bertz CT molecular complexity index is 696. The van der Waals surface area contributed by atoms with Crippen molar-refractivity contribution in [1.82, 2.24) is 14.8 Å². The maximum absolute atomic E-state index is 5.97. The number of nitrogens with two attached hydrogens (primary N) is 1. The van der Waals surface area contributed by atoms with Gasteiger partial charge in [-0.15, -0.1) is 0 Å². The SMILES string of the molecule is Cc1nc2cccc(-c3cnn(C)c3N)c2o1. The van der Waals surface area contributed by atoms with E-state index in [4.69, 9.17) is 10.2 Å². The first kappa shape index (κ1) is 9.89. The number of anilines is 1. The van der Waals surface area contributed by atoms with Gasteiger partial charge in [-0.1, -0.05) is 12.1 Å². The zero-order valence-electron chi connectivity index (χ0n) is 9.64. The van der Waals surface area contributed by atoms with E-state index in [1.54, 1.807) is 10.9 Å². The molecule has 0 aliphatic rings. The molecule has 0 fully saturated rings. The maximum atomic E-state index is 5.97. The van der Waals surface area contributed by atoms with Crippen molar-refractivity contribution >= 4 is 16.9 Å². The van der Waals surface area contributed by atoms with E-state index in [9.17, 15) is 0 Å². The Morgan fingerprint density at radius 1 is 1.29 bits per heavy atom. The van der Waals surface area contributed by atoms with Crippen molar-refractivity contribution in [1.29, 1.82) is 0 Å². The molecule has 0 amide bonds. The van der Waals surface area contributed by atoms with Crippen LogP contribution in [0.3, 0.4) is 0 Å². The molecule has 86 valence electrons. The fraction of sp³-hybridized carbons (Fsp3) is 0.167. The van der Waals surface area contributed by atoms with Crippen molar-refractivity contribution in [2.45, 2.75) is 6.92 Å². The minimum Gasteiger partial charge on any atom is -0.440 e. The number of hydrogen-bond donors (Lipinski definition) is 1. The standard InChI is InChI=1S/C12H12N4O/c1-7-15-10-5-3-4-8(11(10)17-7)9-6-14-16(2)12(9)13/h3-6H,13H2,1-2H3. The molecule has 2 aromatic heterocycles. The molecule has 5 nitrogen and oxygen atoms in total. The molecule has 0 atom stereocenters. The van der Waals surface area contributed by atoms with E-state index >= 15 is 0 Å². The summed E-state index contributed by atoms with van der Waals surface area (Å²) in [5, 5.41) is 4.14. The second-order valence-corrected chi connectivity index (χ2v) is 3.95. The molecule has 0 spiro atoms. The Morgan fingerprint density at radius 2 is 2.12 bits per heavy atom. The van der Waals surface area contributed by atoms with E-state index in [0.29, 0.717) is 11.7 Å². The first-order valence-electron chi connectivity index (χ1n) is 5.31. The molecule has 2 N–H and O–H groups in total. The van der Waals surface area contributed by atoms with Crippen LogP contribution in [0.2, 0.25) is 0 Å². The highest BCUT2D eigenvalue weighted by Gasteiger charge is 2.14. The van der Waals surface area contributed by atoms with Crippen LogP contribution in [0.25, 0.3) is 22.2 Å². The Balaban J connectivity index is 2.33. The highest BCUT2D eigenvalue weighted by Crippen LogP contribution is 2.32. The number of nitrogen functional groups attached to an aromatic ring is 1. The third-order valence-corrected chi connectivity index (χ3v) is 2.80. The third-order valence-electron chi connectivity index (χ3n) is 2.80. The number of aromatic nitrogens is 3. The maximum Gasteiger partial charge on any atom is 0.192 e. The zero-order chi connectivity index (χ0) is 12.0. The lowest BCUT2D eigenvalue weighted by molar-refractivity contribution is 0.562. The smallest absolute Gasteiger partial charge is 0.192 e. The van der Waals surface area contributed by atoms with Crippen LogP contribution in [0.1, 0.15) is 5.89 Å². The highest BCUT2D eigenvalue weighted by molar-refractivity contribution is 5.93. The number of hydrogen-bond acceptors (Lipinski definition) is 4. The fourth-order valence-corrected chi connectivity index (χ4v) is 1.93. The molecule has 0 saturated heterocycles. The highest BCUT2D eigenvalue weighted by atomic mass is 16.3. The van der Waals surface area contributed by atoms with Gasteiger partial charge in [-0.05, 0) is 6.07 Å². The summed E-state index contributed by atoms with van der Waals surface area (Å²) in [5.41, 5.74) is 9.36. The fourth-order valence-electron chi connectivity index (χ4n) is 1.93. The van der Waals surface area contributed by atoms with Crippen molar-refractivity contribution in [3.05, 3.63) is 30.3 Å². The van der Waals surface area contributed by atoms with Crippen LogP contribution in [0, 0.1) is 6.92 Å². The van der Waals surface area contributed by atoms with E-state index in [-0.39, 0.29) is 0 Å². The van der Waals surface area contributed by atoms with Gasteiger partial charge in [0.15, 0.2) is 11.5 Å². The number of nitrogens with zero attached hydrogens (tertiary/aromatic N) is 3. The summed E-state index contributed by atoms with van der Waals surface area (Å²) in [6, 6.07) is 5.81. The van der Waals surface area contributed by atoms with Gasteiger partial charge in [0.25, 0.3) is 0 Å². The lowest BCUT2D eigenvalue weighted by Gasteiger charge is -2.00. The van der Waals surface area contributed by atoms with E-state index < -0.39 is 0 Å². The molecular formula is C12H12N4O. The van der Waals surface area contributed by atoms with E-state index in [0.717, 1.165) is 22.2 Å². The normalized spacial score (nSPS) is 11.2. The molecule has 1 aromatic carbocycles. The van der Waals surface area contributed by atoms with Gasteiger partial charge in [0.1, 0.15) is 11.3 Å². The second-order valence-electron chi connectivity index (χ2n) is 3.95. The molecule has 3 aromatic rings. The summed E-state index contributed by atoms with van der Waals surface area (Å²) in [5.74, 6) is 1.27. The van der Waals surface area contributed by atoms with Gasteiger partial charge in [-0.2, -0.15) is 5.10 Å². The van der Waals surface area contributed by atoms with Gasteiger partial charge in [-0.3, -0.25) is 4.68 Å². The Labute approximate surface area is 97.9 Å². The Morgan fingerprint density at radius 3 is 2.82 bits per heavy atom. The molecule has 0 bridgehead atoms. The average molecular weight is 228 g/mol. The van der Waals surface area contributed by atoms with Crippen molar-refractivity contribution < 1.29 is 4.42 Å². The van der Waals surface area contributed by atoms with Gasteiger partial charge < -0.3 is 10.2 Å². The molecule has 17 heavy (non-hydrogen) atoms. The van der Waals surface area contributed by atoms with Crippen LogP contribution in [0.4, 0.5) is 5.82 Å². The molecule has 2 heterocycles. The summed E-state index contributed by atoms with van der Waals surface area (Å²) in [4.78, 5) is 4.30. The third kappa shape index (κ3) is 1.39. The van der Waals surface area contributed by atoms with Crippen molar-refractivity contribution in [2.75, 3.05) is 5.73 Å². The minimum atomic E-state index is 0.617. The van der Waals surface area contributed by atoms with Crippen LogP contribution >= 0.6 is 0 Å². The average Bonchev–Trinajstić information content (AvgIpc) is 2.82.